The predicted octanol–water partition coefficient (Wildman–Crippen LogP) is 2.03. The van der Waals surface area contributed by atoms with Gasteiger partial charge in [-0.05, 0) is 28.5 Å². The second-order valence-electron chi connectivity index (χ2n) is 5.30. The predicted molar refractivity (Wildman–Crippen MR) is 91.6 cm³/mol. The van der Waals surface area contributed by atoms with Crippen LogP contribution in [0.4, 0.5) is 5.82 Å². The minimum atomic E-state index is -0.600. The molecule has 3 heterocycles. The first-order chi connectivity index (χ1) is 11.6. The molecular weight excluding hydrogens is 326 g/mol. The van der Waals surface area contributed by atoms with Crippen LogP contribution in [0.15, 0.2) is 52.0 Å². The maximum Gasteiger partial charge on any atom is 0.262 e. The van der Waals surface area contributed by atoms with Crippen molar-refractivity contribution in [3.63, 3.8) is 0 Å². The highest BCUT2D eigenvalue weighted by Crippen LogP contribution is 2.30. The van der Waals surface area contributed by atoms with Gasteiger partial charge in [0.1, 0.15) is 5.82 Å². The van der Waals surface area contributed by atoms with Crippen LogP contribution in [0.25, 0.3) is 16.8 Å². The number of rotatable bonds is 2. The first kappa shape index (κ1) is 14.4. The molecule has 1 aliphatic rings. The van der Waals surface area contributed by atoms with Crippen molar-refractivity contribution in [2.75, 3.05) is 5.73 Å². The third kappa shape index (κ3) is 1.99. The number of aromatic nitrogens is 1. The number of hydrogen-bond donors (Lipinski definition) is 2. The molecule has 0 radical (unpaired) electrons. The van der Waals surface area contributed by atoms with Crippen LogP contribution in [0.5, 0.6) is 0 Å². The molecule has 3 N–H and O–H groups in total. The fraction of sp³-hybridized carbons (Fsp3) is 0. The van der Waals surface area contributed by atoms with Gasteiger partial charge >= 0.3 is 0 Å². The number of hydrogen-bond acceptors (Lipinski definition) is 5. The Bertz CT molecular complexity index is 1050. The highest BCUT2D eigenvalue weighted by atomic mass is 32.1. The molecular formula is C17H11N3O3S. The summed E-state index contributed by atoms with van der Waals surface area (Å²) >= 11 is 1.54. The average molecular weight is 337 g/mol. The Balaban J connectivity index is 2.04. The van der Waals surface area contributed by atoms with E-state index in [-0.39, 0.29) is 16.9 Å². The number of pyridine rings is 1. The number of nitrogens with zero attached hydrogens (tertiary/aromatic N) is 1. The van der Waals surface area contributed by atoms with Crippen LogP contribution >= 0.6 is 11.3 Å². The Morgan fingerprint density at radius 2 is 1.79 bits per heavy atom. The molecule has 0 aliphatic carbocycles. The molecule has 0 spiro atoms. The van der Waals surface area contributed by atoms with E-state index in [0.717, 1.165) is 17.2 Å². The molecule has 0 unspecified atom stereocenters. The van der Waals surface area contributed by atoms with Crippen molar-refractivity contribution < 1.29 is 9.59 Å². The summed E-state index contributed by atoms with van der Waals surface area (Å²) in [5, 5.41) is 6.06. The van der Waals surface area contributed by atoms with Crippen molar-refractivity contribution in [2.24, 2.45) is 0 Å². The zero-order chi connectivity index (χ0) is 16.8. The van der Waals surface area contributed by atoms with Gasteiger partial charge in [0.2, 0.25) is 0 Å². The van der Waals surface area contributed by atoms with Crippen LogP contribution in [0.1, 0.15) is 20.7 Å². The van der Waals surface area contributed by atoms with Gasteiger partial charge in [0, 0.05) is 11.6 Å². The van der Waals surface area contributed by atoms with E-state index in [9.17, 15) is 14.4 Å². The van der Waals surface area contributed by atoms with Crippen molar-refractivity contribution in [1.29, 1.82) is 0 Å². The monoisotopic (exact) mass is 337 g/mol. The molecule has 1 aromatic carbocycles. The number of amides is 2. The smallest absolute Gasteiger partial charge is 0.262 e. The maximum atomic E-state index is 12.6. The van der Waals surface area contributed by atoms with Gasteiger partial charge in [-0.25, -0.2) is 0 Å². The third-order valence-corrected chi connectivity index (χ3v) is 4.61. The summed E-state index contributed by atoms with van der Waals surface area (Å²) in [7, 11) is 0. The van der Waals surface area contributed by atoms with Crippen molar-refractivity contribution >= 4 is 29.0 Å². The molecule has 0 saturated carbocycles. The lowest BCUT2D eigenvalue weighted by atomic mass is 10.1. The number of carbonyl (C=O) groups excluding carboxylic acids is 2. The second-order valence-corrected chi connectivity index (χ2v) is 6.08. The van der Waals surface area contributed by atoms with Crippen molar-refractivity contribution in [3.8, 4) is 16.8 Å². The number of carbonyl (C=O) groups is 2. The van der Waals surface area contributed by atoms with E-state index in [2.05, 4.69) is 5.32 Å². The van der Waals surface area contributed by atoms with Crippen molar-refractivity contribution in [2.45, 2.75) is 0 Å². The first-order valence-electron chi connectivity index (χ1n) is 7.11. The van der Waals surface area contributed by atoms with Gasteiger partial charge in [-0.3, -0.25) is 24.3 Å². The van der Waals surface area contributed by atoms with E-state index in [1.807, 2.05) is 29.0 Å². The zero-order valence-electron chi connectivity index (χ0n) is 12.3. The molecule has 0 bridgehead atoms. The first-order valence-corrected chi connectivity index (χ1v) is 8.05. The summed E-state index contributed by atoms with van der Waals surface area (Å²) in [6.45, 7) is 0. The van der Waals surface area contributed by atoms with Crippen LogP contribution in [0.2, 0.25) is 0 Å². The van der Waals surface area contributed by atoms with E-state index in [0.29, 0.717) is 5.69 Å². The van der Waals surface area contributed by atoms with Gasteiger partial charge in [0.15, 0.2) is 0 Å². The van der Waals surface area contributed by atoms with Gasteiger partial charge < -0.3 is 5.73 Å². The third-order valence-electron chi connectivity index (χ3n) is 3.93. The van der Waals surface area contributed by atoms with E-state index in [4.69, 9.17) is 5.73 Å². The zero-order valence-corrected chi connectivity index (χ0v) is 13.1. The van der Waals surface area contributed by atoms with E-state index in [1.165, 1.54) is 4.57 Å². The van der Waals surface area contributed by atoms with Crippen LogP contribution < -0.4 is 16.6 Å². The molecule has 6 nitrogen and oxygen atoms in total. The molecule has 0 saturated heterocycles. The number of nitrogen functional groups attached to an aromatic ring is 1. The number of nitrogens with two attached hydrogens (primary N) is 1. The number of fused-ring (bicyclic) bond motifs is 1. The van der Waals surface area contributed by atoms with Gasteiger partial charge in [-0.1, -0.05) is 18.2 Å². The van der Waals surface area contributed by atoms with Gasteiger partial charge in [0.25, 0.3) is 17.4 Å². The average Bonchev–Trinajstić information content (AvgIpc) is 3.17. The quantitative estimate of drug-likeness (QED) is 0.700. The summed E-state index contributed by atoms with van der Waals surface area (Å²) in [6, 6.07) is 10.4. The highest BCUT2D eigenvalue weighted by molar-refractivity contribution is 7.08. The normalized spacial score (nSPS) is 13.0. The Labute approximate surface area is 140 Å². The summed E-state index contributed by atoms with van der Waals surface area (Å²) < 4.78 is 1.27. The fourth-order valence-electron chi connectivity index (χ4n) is 2.86. The summed E-state index contributed by atoms with van der Waals surface area (Å²) in [5.41, 5.74) is 8.02. The number of anilines is 1. The van der Waals surface area contributed by atoms with E-state index in [1.54, 1.807) is 23.5 Å². The molecule has 118 valence electrons. The molecule has 0 fully saturated rings. The fourth-order valence-corrected chi connectivity index (χ4v) is 3.51. The lowest BCUT2D eigenvalue weighted by molar-refractivity contribution is 0.0880. The second kappa shape index (κ2) is 5.17. The van der Waals surface area contributed by atoms with Crippen LogP contribution in [-0.2, 0) is 0 Å². The largest absolute Gasteiger partial charge is 0.384 e. The lowest BCUT2D eigenvalue weighted by Crippen LogP contribution is -2.24. The number of para-hydroxylation sites is 1. The SMILES string of the molecule is Nc1c2c(cc(=O)n1-c1ccccc1-c1ccsc1)C(=O)NC2=O. The summed E-state index contributed by atoms with van der Waals surface area (Å²) in [5.74, 6) is -1.23. The number of imide groups is 1. The van der Waals surface area contributed by atoms with Gasteiger partial charge in [-0.15, -0.1) is 0 Å². The van der Waals surface area contributed by atoms with E-state index >= 15 is 0 Å². The van der Waals surface area contributed by atoms with Crippen LogP contribution in [0, 0.1) is 0 Å². The van der Waals surface area contributed by atoms with Crippen LogP contribution in [-0.4, -0.2) is 16.4 Å². The Morgan fingerprint density at radius 3 is 2.54 bits per heavy atom. The van der Waals surface area contributed by atoms with E-state index < -0.39 is 17.4 Å². The topological polar surface area (TPSA) is 94.2 Å². The van der Waals surface area contributed by atoms with Crippen LogP contribution in [0.3, 0.4) is 0 Å². The van der Waals surface area contributed by atoms with Crippen molar-refractivity contribution in [1.82, 2.24) is 9.88 Å². The molecule has 2 aromatic heterocycles. The Morgan fingerprint density at radius 1 is 1.00 bits per heavy atom. The molecule has 0 atom stereocenters. The van der Waals surface area contributed by atoms with Gasteiger partial charge in [-0.2, -0.15) is 11.3 Å². The Hall–Kier alpha value is -3.19. The summed E-state index contributed by atoms with van der Waals surface area (Å²) in [4.78, 5) is 36.3. The Kier molecular flexibility index (Phi) is 3.10. The molecule has 24 heavy (non-hydrogen) atoms. The minimum absolute atomic E-state index is 0.0202. The number of thiophene rings is 1. The molecule has 3 aromatic rings. The number of benzene rings is 1. The number of nitrogens with one attached hydrogen (secondary N) is 1. The van der Waals surface area contributed by atoms with Crippen molar-refractivity contribution in [3.05, 3.63) is 68.6 Å². The molecule has 1 aliphatic heterocycles. The van der Waals surface area contributed by atoms with Gasteiger partial charge in [0.05, 0.1) is 16.8 Å². The summed E-state index contributed by atoms with van der Waals surface area (Å²) in [6.07, 6.45) is 0. The minimum Gasteiger partial charge on any atom is -0.384 e. The highest BCUT2D eigenvalue weighted by Gasteiger charge is 2.32. The molecule has 4 rings (SSSR count). The molecule has 7 heteroatoms. The standard InChI is InChI=1S/C17H11N3O3S/c18-15-14-11(16(22)19-17(14)23)7-13(21)20(15)12-4-2-1-3-10(12)9-5-6-24-8-9/h1-8H,18H2,(H,19,22,23). The maximum absolute atomic E-state index is 12.6. The lowest BCUT2D eigenvalue weighted by Gasteiger charge is -2.15. The molecule has 2 amide bonds.